The normalized spacial score (nSPS) is 7.56. The van der Waals surface area contributed by atoms with Crippen molar-refractivity contribution in [2.45, 2.75) is 27.7 Å². The number of hydrogen-bond donors (Lipinski definition) is 0. The molecule has 0 atom stereocenters. The predicted octanol–water partition coefficient (Wildman–Crippen LogP) is 2.63. The zero-order valence-electron chi connectivity index (χ0n) is 7.03. The Bertz CT molecular complexity index is 51.6. The van der Waals surface area contributed by atoms with Crippen molar-refractivity contribution in [1.82, 2.24) is 0 Å². The van der Waals surface area contributed by atoms with Crippen LogP contribution in [0.3, 0.4) is 0 Å². The van der Waals surface area contributed by atoms with Crippen LogP contribution in [0.2, 0.25) is 0 Å². The van der Waals surface area contributed by atoms with E-state index in [0.717, 1.165) is 13.2 Å². The molecule has 0 aliphatic heterocycles. The van der Waals surface area contributed by atoms with Gasteiger partial charge >= 0.3 is 0 Å². The molecule has 0 heterocycles. The second-order valence-electron chi connectivity index (χ2n) is 1.99. The molecule has 1 nitrogen and oxygen atoms in total. The zero-order chi connectivity index (χ0) is 7.70. The number of allylic oxidation sites excluding steroid dienone is 1. The van der Waals surface area contributed by atoms with Crippen molar-refractivity contribution in [3.63, 3.8) is 0 Å². The molecule has 0 fully saturated rings. The molecule has 0 bridgehead atoms. The van der Waals surface area contributed by atoms with E-state index in [1.54, 1.807) is 0 Å². The Hall–Kier alpha value is -0.300. The fourth-order valence-electron chi connectivity index (χ4n) is 0.204. The quantitative estimate of drug-likeness (QED) is 0.522. The highest BCUT2D eigenvalue weighted by molar-refractivity contribution is 4.78. The Morgan fingerprint density at radius 3 is 1.44 bits per heavy atom. The van der Waals surface area contributed by atoms with Crippen molar-refractivity contribution in [1.29, 1.82) is 0 Å². The lowest BCUT2D eigenvalue weighted by Gasteiger charge is -1.86. The third-order valence-corrected chi connectivity index (χ3v) is 0.408. The summed E-state index contributed by atoms with van der Waals surface area (Å²) in [6.45, 7) is 13.2. The third kappa shape index (κ3) is 86.6. The number of ether oxygens (including phenoxy) is 1. The summed E-state index contributed by atoms with van der Waals surface area (Å²) in [4.78, 5) is 0. The smallest absolute Gasteiger partial charge is 0.0437 e. The molecule has 0 aromatic heterocycles. The first-order valence-electron chi connectivity index (χ1n) is 3.35. The summed E-state index contributed by atoms with van der Waals surface area (Å²) in [5.41, 5.74) is 1.17. The molecule has 0 saturated heterocycles. The minimum Gasteiger partial charge on any atom is -0.382 e. The molecule has 0 rings (SSSR count). The van der Waals surface area contributed by atoms with Gasteiger partial charge < -0.3 is 4.74 Å². The van der Waals surface area contributed by atoms with Gasteiger partial charge in [0.1, 0.15) is 0 Å². The molecule has 0 N–H and O–H groups in total. The fourth-order valence-corrected chi connectivity index (χ4v) is 0.204. The molecular weight excluding hydrogens is 112 g/mol. The minimum atomic E-state index is 0.844. The summed E-state index contributed by atoms with van der Waals surface area (Å²) >= 11 is 0. The average Bonchev–Trinajstić information content (AvgIpc) is 1.66. The Balaban J connectivity index is 0. The van der Waals surface area contributed by atoms with Crippen molar-refractivity contribution in [2.24, 2.45) is 0 Å². The first-order valence-corrected chi connectivity index (χ1v) is 3.35. The van der Waals surface area contributed by atoms with E-state index in [4.69, 9.17) is 4.74 Å². The summed E-state index contributed by atoms with van der Waals surface area (Å²) in [6.07, 6.45) is 0. The van der Waals surface area contributed by atoms with E-state index in [1.165, 1.54) is 5.57 Å². The largest absolute Gasteiger partial charge is 0.382 e. The molecule has 0 aliphatic rings. The van der Waals surface area contributed by atoms with Gasteiger partial charge in [0.05, 0.1) is 0 Å². The van der Waals surface area contributed by atoms with Gasteiger partial charge in [0.15, 0.2) is 0 Å². The molecular formula is C8H18O. The standard InChI is InChI=1S/C4H10O.C4H8/c1-3-5-4-2;1-4(2)3/h3-4H2,1-2H3;1H2,2-3H3. The molecule has 0 spiro atoms. The van der Waals surface area contributed by atoms with Gasteiger partial charge in [0.25, 0.3) is 0 Å². The van der Waals surface area contributed by atoms with Crippen LogP contribution in [0.5, 0.6) is 0 Å². The van der Waals surface area contributed by atoms with E-state index >= 15 is 0 Å². The van der Waals surface area contributed by atoms with Crippen LogP contribution in [0.25, 0.3) is 0 Å². The molecule has 0 unspecified atom stereocenters. The van der Waals surface area contributed by atoms with E-state index < -0.39 is 0 Å². The monoisotopic (exact) mass is 130 g/mol. The van der Waals surface area contributed by atoms with E-state index in [9.17, 15) is 0 Å². The molecule has 56 valence electrons. The predicted molar refractivity (Wildman–Crippen MR) is 42.7 cm³/mol. The molecule has 9 heavy (non-hydrogen) atoms. The van der Waals surface area contributed by atoms with Gasteiger partial charge in [0.2, 0.25) is 0 Å². The van der Waals surface area contributed by atoms with Crippen LogP contribution in [0.1, 0.15) is 27.7 Å². The van der Waals surface area contributed by atoms with Crippen LogP contribution in [0.4, 0.5) is 0 Å². The second kappa shape index (κ2) is 10.6. The van der Waals surface area contributed by atoms with Gasteiger partial charge in [-0.2, -0.15) is 0 Å². The maximum Gasteiger partial charge on any atom is 0.0437 e. The molecule has 0 aromatic carbocycles. The Kier molecular flexibility index (Phi) is 13.6. The van der Waals surface area contributed by atoms with Crippen molar-refractivity contribution in [2.75, 3.05) is 13.2 Å². The van der Waals surface area contributed by atoms with Gasteiger partial charge in [-0.15, -0.1) is 6.58 Å². The van der Waals surface area contributed by atoms with Crippen LogP contribution in [0.15, 0.2) is 12.2 Å². The maximum absolute atomic E-state index is 4.83. The highest BCUT2D eigenvalue weighted by atomic mass is 16.5. The topological polar surface area (TPSA) is 9.23 Å². The van der Waals surface area contributed by atoms with Crippen LogP contribution in [0, 0.1) is 0 Å². The van der Waals surface area contributed by atoms with E-state index in [-0.39, 0.29) is 0 Å². The fraction of sp³-hybridized carbons (Fsp3) is 0.750. The number of rotatable bonds is 2. The average molecular weight is 130 g/mol. The van der Waals surface area contributed by atoms with Crippen LogP contribution >= 0.6 is 0 Å². The van der Waals surface area contributed by atoms with Gasteiger partial charge in [-0.3, -0.25) is 0 Å². The molecule has 0 aromatic rings. The lowest BCUT2D eigenvalue weighted by Crippen LogP contribution is -1.84. The number of hydrogen-bond acceptors (Lipinski definition) is 1. The lowest BCUT2D eigenvalue weighted by molar-refractivity contribution is 0.162. The summed E-state index contributed by atoms with van der Waals surface area (Å²) in [6, 6.07) is 0. The van der Waals surface area contributed by atoms with Crippen molar-refractivity contribution in [3.8, 4) is 0 Å². The van der Waals surface area contributed by atoms with Gasteiger partial charge in [-0.05, 0) is 27.7 Å². The van der Waals surface area contributed by atoms with E-state index in [2.05, 4.69) is 6.58 Å². The van der Waals surface area contributed by atoms with Gasteiger partial charge in [-0.1, -0.05) is 5.57 Å². The molecule has 1 heteroatoms. The van der Waals surface area contributed by atoms with Crippen molar-refractivity contribution < 1.29 is 4.74 Å². The SMILES string of the molecule is C=C(C)C.CCOCC. The Morgan fingerprint density at radius 2 is 1.44 bits per heavy atom. The molecule has 0 radical (unpaired) electrons. The molecule has 0 saturated carbocycles. The van der Waals surface area contributed by atoms with Crippen molar-refractivity contribution in [3.05, 3.63) is 12.2 Å². The summed E-state index contributed by atoms with van der Waals surface area (Å²) in [7, 11) is 0. The van der Waals surface area contributed by atoms with Crippen LogP contribution in [-0.2, 0) is 4.74 Å². The highest BCUT2D eigenvalue weighted by Crippen LogP contribution is 1.73. The third-order valence-electron chi connectivity index (χ3n) is 0.408. The maximum atomic E-state index is 4.83. The lowest BCUT2D eigenvalue weighted by atomic mass is 10.4. The molecule has 0 amide bonds. The van der Waals surface area contributed by atoms with Gasteiger partial charge in [0, 0.05) is 13.2 Å². The highest BCUT2D eigenvalue weighted by Gasteiger charge is 1.64. The van der Waals surface area contributed by atoms with Crippen molar-refractivity contribution >= 4 is 0 Å². The molecule has 0 aliphatic carbocycles. The van der Waals surface area contributed by atoms with E-state index in [1.807, 2.05) is 27.7 Å². The van der Waals surface area contributed by atoms with E-state index in [0.29, 0.717) is 0 Å². The first-order chi connectivity index (χ1) is 4.15. The zero-order valence-corrected chi connectivity index (χ0v) is 7.03. The second-order valence-corrected chi connectivity index (χ2v) is 1.99. The summed E-state index contributed by atoms with van der Waals surface area (Å²) in [5.74, 6) is 0. The van der Waals surface area contributed by atoms with Crippen LogP contribution in [-0.4, -0.2) is 13.2 Å². The van der Waals surface area contributed by atoms with Crippen LogP contribution < -0.4 is 0 Å². The minimum absolute atomic E-state index is 0.844. The first kappa shape index (κ1) is 11.5. The summed E-state index contributed by atoms with van der Waals surface area (Å²) in [5, 5.41) is 0. The Labute approximate surface area is 58.7 Å². The Morgan fingerprint density at radius 1 is 1.22 bits per heavy atom. The van der Waals surface area contributed by atoms with Gasteiger partial charge in [-0.25, -0.2) is 0 Å². The summed E-state index contributed by atoms with van der Waals surface area (Å²) < 4.78 is 4.83.